The summed E-state index contributed by atoms with van der Waals surface area (Å²) >= 11 is 0. The first-order valence-electron chi connectivity index (χ1n) is 7.37. The van der Waals surface area contributed by atoms with E-state index in [1.807, 2.05) is 0 Å². The van der Waals surface area contributed by atoms with Gasteiger partial charge < -0.3 is 10.6 Å². The Kier molecular flexibility index (Phi) is 3.61. The highest BCUT2D eigenvalue weighted by Gasteiger charge is 2.33. The Labute approximate surface area is 116 Å². The summed E-state index contributed by atoms with van der Waals surface area (Å²) in [4.78, 5) is 4.84. The van der Waals surface area contributed by atoms with Gasteiger partial charge in [-0.1, -0.05) is 24.3 Å². The fourth-order valence-corrected chi connectivity index (χ4v) is 3.57. The fourth-order valence-electron chi connectivity index (χ4n) is 3.57. The van der Waals surface area contributed by atoms with E-state index >= 15 is 0 Å². The van der Waals surface area contributed by atoms with E-state index in [-0.39, 0.29) is 6.04 Å². The van der Waals surface area contributed by atoms with Crippen LogP contribution in [0.2, 0.25) is 0 Å². The van der Waals surface area contributed by atoms with Crippen LogP contribution in [0.5, 0.6) is 0 Å². The van der Waals surface area contributed by atoms with Crippen LogP contribution < -0.4 is 5.73 Å². The lowest BCUT2D eigenvalue weighted by Gasteiger charge is -2.42. The lowest BCUT2D eigenvalue weighted by molar-refractivity contribution is 0.0928. The predicted octanol–water partition coefficient (Wildman–Crippen LogP) is 1.29. The zero-order valence-corrected chi connectivity index (χ0v) is 12.0. The Morgan fingerprint density at radius 2 is 2.05 bits per heavy atom. The van der Waals surface area contributed by atoms with E-state index in [0.29, 0.717) is 12.0 Å². The highest BCUT2D eigenvalue weighted by molar-refractivity contribution is 5.40. The van der Waals surface area contributed by atoms with Gasteiger partial charge >= 0.3 is 0 Å². The van der Waals surface area contributed by atoms with Gasteiger partial charge in [-0.3, -0.25) is 4.90 Å². The third-order valence-corrected chi connectivity index (χ3v) is 4.91. The number of hydrogen-bond donors (Lipinski definition) is 1. The van der Waals surface area contributed by atoms with Crippen molar-refractivity contribution in [2.24, 2.45) is 5.73 Å². The normalized spacial score (nSPS) is 29.6. The minimum absolute atomic E-state index is 0.283. The lowest BCUT2D eigenvalue weighted by atomic mass is 9.73. The molecule has 0 bridgehead atoms. The summed E-state index contributed by atoms with van der Waals surface area (Å²) in [5.41, 5.74) is 9.55. The standard InChI is InChI=1S/C16H25N3/c1-18-7-8-19(2)16(11-18)15(17)10-13-9-12-5-3-4-6-14(12)13/h3-6,13,15-16H,7-11,17H2,1-2H3. The Bertz CT molecular complexity index is 445. The van der Waals surface area contributed by atoms with Crippen molar-refractivity contribution in [3.05, 3.63) is 35.4 Å². The lowest BCUT2D eigenvalue weighted by Crippen LogP contribution is -2.57. The number of nitrogens with zero attached hydrogens (tertiary/aromatic N) is 2. The average Bonchev–Trinajstić information content (AvgIpc) is 2.38. The van der Waals surface area contributed by atoms with Crippen molar-refractivity contribution < 1.29 is 0 Å². The van der Waals surface area contributed by atoms with Gasteiger partial charge in [0.2, 0.25) is 0 Å². The van der Waals surface area contributed by atoms with Crippen molar-refractivity contribution in [1.29, 1.82) is 0 Å². The van der Waals surface area contributed by atoms with Crippen LogP contribution in [0.4, 0.5) is 0 Å². The van der Waals surface area contributed by atoms with Crippen LogP contribution in [0.1, 0.15) is 23.5 Å². The molecule has 1 aliphatic heterocycles. The number of nitrogens with two attached hydrogens (primary N) is 1. The van der Waals surface area contributed by atoms with Crippen LogP contribution in [0.3, 0.4) is 0 Å². The summed E-state index contributed by atoms with van der Waals surface area (Å²) < 4.78 is 0. The predicted molar refractivity (Wildman–Crippen MR) is 79.4 cm³/mol. The van der Waals surface area contributed by atoms with Crippen molar-refractivity contribution in [3.63, 3.8) is 0 Å². The number of benzene rings is 1. The second-order valence-electron chi connectivity index (χ2n) is 6.31. The van der Waals surface area contributed by atoms with Crippen LogP contribution in [0.25, 0.3) is 0 Å². The highest BCUT2D eigenvalue weighted by atomic mass is 15.3. The third kappa shape index (κ3) is 2.55. The Hall–Kier alpha value is -0.900. The maximum Gasteiger partial charge on any atom is 0.0372 e. The second-order valence-corrected chi connectivity index (χ2v) is 6.31. The zero-order chi connectivity index (χ0) is 13.4. The molecular formula is C16H25N3. The summed E-state index contributed by atoms with van der Waals surface area (Å²) in [5.74, 6) is 0.687. The summed E-state index contributed by atoms with van der Waals surface area (Å²) in [5, 5.41) is 0. The number of hydrogen-bond acceptors (Lipinski definition) is 3. The molecule has 1 aliphatic carbocycles. The summed E-state index contributed by atoms with van der Waals surface area (Å²) in [6.45, 7) is 3.40. The summed E-state index contributed by atoms with van der Waals surface area (Å²) in [6.07, 6.45) is 2.34. The maximum atomic E-state index is 6.50. The minimum Gasteiger partial charge on any atom is -0.326 e. The van der Waals surface area contributed by atoms with Crippen LogP contribution in [0, 0.1) is 0 Å². The van der Waals surface area contributed by atoms with Gasteiger partial charge in [-0.25, -0.2) is 0 Å². The molecule has 2 N–H and O–H groups in total. The molecule has 0 saturated carbocycles. The van der Waals surface area contributed by atoms with Gasteiger partial charge in [0.25, 0.3) is 0 Å². The quantitative estimate of drug-likeness (QED) is 0.888. The highest BCUT2D eigenvalue weighted by Crippen LogP contribution is 2.38. The van der Waals surface area contributed by atoms with E-state index in [1.165, 1.54) is 17.5 Å². The Balaban J connectivity index is 1.61. The maximum absolute atomic E-state index is 6.50. The zero-order valence-electron chi connectivity index (χ0n) is 12.0. The van der Waals surface area contributed by atoms with Gasteiger partial charge in [-0.2, -0.15) is 0 Å². The Morgan fingerprint density at radius 3 is 2.84 bits per heavy atom. The molecule has 104 valence electrons. The molecule has 0 amide bonds. The summed E-state index contributed by atoms with van der Waals surface area (Å²) in [6, 6.07) is 9.60. The van der Waals surface area contributed by atoms with Gasteiger partial charge in [0.15, 0.2) is 0 Å². The molecule has 3 nitrogen and oxygen atoms in total. The van der Waals surface area contributed by atoms with E-state index in [1.54, 1.807) is 0 Å². The number of fused-ring (bicyclic) bond motifs is 1. The molecule has 1 aromatic carbocycles. The molecule has 1 saturated heterocycles. The van der Waals surface area contributed by atoms with Crippen molar-refractivity contribution in [2.75, 3.05) is 33.7 Å². The molecule has 3 heteroatoms. The fraction of sp³-hybridized carbons (Fsp3) is 0.625. The molecule has 1 aromatic rings. The Morgan fingerprint density at radius 1 is 1.26 bits per heavy atom. The molecule has 0 aromatic heterocycles. The number of piperazine rings is 1. The smallest absolute Gasteiger partial charge is 0.0372 e. The molecular weight excluding hydrogens is 234 g/mol. The number of rotatable bonds is 3. The molecule has 2 aliphatic rings. The first-order valence-corrected chi connectivity index (χ1v) is 7.37. The van der Waals surface area contributed by atoms with Crippen molar-refractivity contribution in [3.8, 4) is 0 Å². The molecule has 1 heterocycles. The second kappa shape index (κ2) is 5.23. The van der Waals surface area contributed by atoms with Crippen LogP contribution >= 0.6 is 0 Å². The van der Waals surface area contributed by atoms with E-state index in [2.05, 4.69) is 48.2 Å². The van der Waals surface area contributed by atoms with Crippen molar-refractivity contribution in [2.45, 2.75) is 30.8 Å². The van der Waals surface area contributed by atoms with Crippen LogP contribution in [-0.2, 0) is 6.42 Å². The van der Waals surface area contributed by atoms with Gasteiger partial charge in [0.1, 0.15) is 0 Å². The topological polar surface area (TPSA) is 32.5 Å². The van der Waals surface area contributed by atoms with Crippen molar-refractivity contribution >= 4 is 0 Å². The first-order chi connectivity index (χ1) is 9.15. The SMILES string of the molecule is CN1CCN(C)C(C(N)CC2Cc3ccccc32)C1. The molecule has 3 unspecified atom stereocenters. The van der Waals surface area contributed by atoms with Gasteiger partial charge in [-0.05, 0) is 44.0 Å². The first kappa shape index (κ1) is 13.1. The van der Waals surface area contributed by atoms with E-state index in [0.717, 1.165) is 26.1 Å². The molecule has 1 fully saturated rings. The van der Waals surface area contributed by atoms with E-state index in [4.69, 9.17) is 5.73 Å². The number of likely N-dealkylation sites (N-methyl/N-ethyl adjacent to an activating group) is 2. The molecule has 0 spiro atoms. The summed E-state index contributed by atoms with van der Waals surface area (Å²) in [7, 11) is 4.41. The van der Waals surface area contributed by atoms with Crippen LogP contribution in [0.15, 0.2) is 24.3 Å². The molecule has 3 rings (SSSR count). The minimum atomic E-state index is 0.283. The van der Waals surface area contributed by atoms with E-state index in [9.17, 15) is 0 Å². The molecule has 0 radical (unpaired) electrons. The van der Waals surface area contributed by atoms with Crippen LogP contribution in [-0.4, -0.2) is 55.6 Å². The van der Waals surface area contributed by atoms with Gasteiger partial charge in [0.05, 0.1) is 0 Å². The largest absolute Gasteiger partial charge is 0.326 e. The van der Waals surface area contributed by atoms with Crippen molar-refractivity contribution in [1.82, 2.24) is 9.80 Å². The van der Waals surface area contributed by atoms with Gasteiger partial charge in [-0.15, -0.1) is 0 Å². The van der Waals surface area contributed by atoms with E-state index < -0.39 is 0 Å². The van der Waals surface area contributed by atoms with Gasteiger partial charge in [0, 0.05) is 31.7 Å². The monoisotopic (exact) mass is 259 g/mol. The third-order valence-electron chi connectivity index (χ3n) is 4.91. The molecule has 19 heavy (non-hydrogen) atoms. The molecule has 3 atom stereocenters. The average molecular weight is 259 g/mol.